The second kappa shape index (κ2) is 6.65. The van der Waals surface area contributed by atoms with Crippen LogP contribution in [0.2, 0.25) is 0 Å². The molecule has 0 radical (unpaired) electrons. The van der Waals surface area contributed by atoms with Crippen LogP contribution in [0.1, 0.15) is 28.5 Å². The fourth-order valence-electron chi connectivity index (χ4n) is 2.95. The number of thioether (sulfide) groups is 1. The third kappa shape index (κ3) is 2.85. The van der Waals surface area contributed by atoms with Crippen LogP contribution in [0.25, 0.3) is 0 Å². The largest absolute Gasteiger partial charge is 0.468 e. The molecule has 4 rings (SSSR count). The van der Waals surface area contributed by atoms with Gasteiger partial charge >= 0.3 is 0 Å². The predicted molar refractivity (Wildman–Crippen MR) is 97.3 cm³/mol. The topological polar surface area (TPSA) is 101 Å². The highest BCUT2D eigenvalue weighted by Gasteiger charge is 2.36. The quantitative estimate of drug-likeness (QED) is 0.683. The monoisotopic (exact) mass is 364 g/mol. The van der Waals surface area contributed by atoms with Gasteiger partial charge in [0, 0.05) is 10.6 Å². The number of aryl methyl sites for hydroxylation is 1. The summed E-state index contributed by atoms with van der Waals surface area (Å²) in [4.78, 5) is 1.15. The molecule has 0 spiro atoms. The molecule has 1 aliphatic heterocycles. The number of benzene rings is 1. The number of hydrogen-bond acceptors (Lipinski definition) is 6. The number of fused-ring (bicyclic) bond motifs is 1. The second-order valence-electron chi connectivity index (χ2n) is 5.96. The molecule has 0 fully saturated rings. The number of ether oxygens (including phenoxy) is 1. The van der Waals surface area contributed by atoms with Gasteiger partial charge in [0.05, 0.1) is 23.4 Å². The summed E-state index contributed by atoms with van der Waals surface area (Å²) in [6, 6.07) is 14.1. The zero-order valence-corrected chi connectivity index (χ0v) is 14.8. The summed E-state index contributed by atoms with van der Waals surface area (Å²) in [7, 11) is 0. The van der Waals surface area contributed by atoms with Gasteiger partial charge in [0.15, 0.2) is 0 Å². The maximum atomic E-state index is 9.57. The first-order valence-electron chi connectivity index (χ1n) is 8.05. The van der Waals surface area contributed by atoms with Crippen molar-refractivity contribution >= 4 is 11.8 Å². The molecule has 0 unspecified atom stereocenters. The summed E-state index contributed by atoms with van der Waals surface area (Å²) in [5, 5.41) is 16.8. The molecule has 3 heterocycles. The highest BCUT2D eigenvalue weighted by Crippen LogP contribution is 2.44. The summed E-state index contributed by atoms with van der Waals surface area (Å²) in [5.74, 6) is 1.32. The molecule has 7 heteroatoms. The predicted octanol–water partition coefficient (Wildman–Crippen LogP) is 3.82. The van der Waals surface area contributed by atoms with Gasteiger partial charge in [-0.2, -0.15) is 5.26 Å². The number of hydrogen-bond donors (Lipinski definition) is 2. The smallest absolute Gasteiger partial charge is 0.244 e. The van der Waals surface area contributed by atoms with E-state index < -0.39 is 5.92 Å². The molecular weight excluding hydrogens is 348 g/mol. The number of aromatic amines is 1. The van der Waals surface area contributed by atoms with E-state index in [1.807, 2.05) is 6.07 Å². The van der Waals surface area contributed by atoms with Gasteiger partial charge < -0.3 is 14.9 Å². The maximum absolute atomic E-state index is 9.57. The van der Waals surface area contributed by atoms with Crippen LogP contribution in [0.4, 0.5) is 0 Å². The van der Waals surface area contributed by atoms with Crippen molar-refractivity contribution < 1.29 is 9.15 Å². The van der Waals surface area contributed by atoms with Crippen LogP contribution in [0, 0.1) is 18.3 Å². The highest BCUT2D eigenvalue weighted by molar-refractivity contribution is 7.98. The molecule has 0 saturated carbocycles. The Bertz CT molecular complexity index is 997. The van der Waals surface area contributed by atoms with Gasteiger partial charge in [-0.3, -0.25) is 5.10 Å². The Hall–Kier alpha value is -3.11. The van der Waals surface area contributed by atoms with Gasteiger partial charge in [-0.1, -0.05) is 17.7 Å². The number of aromatic nitrogens is 2. The van der Waals surface area contributed by atoms with Crippen molar-refractivity contribution in [1.82, 2.24) is 10.2 Å². The summed E-state index contributed by atoms with van der Waals surface area (Å²) in [6.07, 6.45) is 1.58. The molecule has 3 aromatic rings. The summed E-state index contributed by atoms with van der Waals surface area (Å²) in [5.41, 5.74) is 9.15. The molecule has 0 amide bonds. The van der Waals surface area contributed by atoms with E-state index in [4.69, 9.17) is 14.9 Å². The molecule has 0 aliphatic carbocycles. The van der Waals surface area contributed by atoms with Crippen molar-refractivity contribution in [3.8, 4) is 11.9 Å². The third-order valence-electron chi connectivity index (χ3n) is 4.25. The lowest BCUT2D eigenvalue weighted by Gasteiger charge is -2.22. The highest BCUT2D eigenvalue weighted by atomic mass is 32.2. The summed E-state index contributed by atoms with van der Waals surface area (Å²) >= 11 is 1.68. The Morgan fingerprint density at radius 1 is 1.31 bits per heavy atom. The molecular formula is C19H16N4O2S. The van der Waals surface area contributed by atoms with Crippen LogP contribution in [0.5, 0.6) is 5.88 Å². The van der Waals surface area contributed by atoms with Crippen LogP contribution >= 0.6 is 11.8 Å². The molecule has 1 atom stereocenters. The molecule has 1 aromatic carbocycles. The lowest BCUT2D eigenvalue weighted by Crippen LogP contribution is -2.21. The average Bonchev–Trinajstić information content (AvgIpc) is 3.30. The first-order valence-corrected chi connectivity index (χ1v) is 9.03. The minimum Gasteiger partial charge on any atom is -0.468 e. The van der Waals surface area contributed by atoms with Crippen LogP contribution in [0.15, 0.2) is 63.4 Å². The minimum absolute atomic E-state index is 0.0608. The lowest BCUT2D eigenvalue weighted by molar-refractivity contribution is 0.371. The van der Waals surface area contributed by atoms with Crippen LogP contribution in [-0.4, -0.2) is 10.2 Å². The number of nitrogens with two attached hydrogens (primary N) is 1. The van der Waals surface area contributed by atoms with E-state index in [1.54, 1.807) is 24.1 Å². The fourth-order valence-corrected chi connectivity index (χ4v) is 3.81. The molecule has 130 valence electrons. The van der Waals surface area contributed by atoms with Gasteiger partial charge in [-0.05, 0) is 31.2 Å². The normalized spacial score (nSPS) is 16.1. The first kappa shape index (κ1) is 16.4. The van der Waals surface area contributed by atoms with Crippen molar-refractivity contribution in [2.24, 2.45) is 5.73 Å². The van der Waals surface area contributed by atoms with E-state index in [2.05, 4.69) is 47.5 Å². The Morgan fingerprint density at radius 3 is 2.81 bits per heavy atom. The number of allylic oxidation sites excluding steroid dienone is 1. The van der Waals surface area contributed by atoms with Crippen molar-refractivity contribution in [2.75, 3.05) is 0 Å². The van der Waals surface area contributed by atoms with Crippen molar-refractivity contribution in [3.63, 3.8) is 0 Å². The van der Waals surface area contributed by atoms with Crippen LogP contribution < -0.4 is 10.5 Å². The second-order valence-corrected chi connectivity index (χ2v) is 7.01. The van der Waals surface area contributed by atoms with E-state index in [0.29, 0.717) is 23.0 Å². The molecule has 1 aliphatic rings. The van der Waals surface area contributed by atoms with E-state index in [1.165, 1.54) is 5.56 Å². The zero-order valence-electron chi connectivity index (χ0n) is 14.0. The number of nitrogens with one attached hydrogen (secondary N) is 1. The van der Waals surface area contributed by atoms with Crippen LogP contribution in [-0.2, 0) is 5.75 Å². The van der Waals surface area contributed by atoms with Crippen molar-refractivity contribution in [2.45, 2.75) is 23.5 Å². The zero-order chi connectivity index (χ0) is 18.1. The fraction of sp³-hybridized carbons (Fsp3) is 0.158. The number of nitriles is 1. The van der Waals surface area contributed by atoms with Gasteiger partial charge in [0.25, 0.3) is 0 Å². The summed E-state index contributed by atoms with van der Waals surface area (Å²) in [6.45, 7) is 2.06. The number of rotatable bonds is 4. The lowest BCUT2D eigenvalue weighted by atomic mass is 9.88. The van der Waals surface area contributed by atoms with Gasteiger partial charge in [-0.25, -0.2) is 0 Å². The van der Waals surface area contributed by atoms with E-state index in [0.717, 1.165) is 16.2 Å². The van der Waals surface area contributed by atoms with E-state index >= 15 is 0 Å². The first-order chi connectivity index (χ1) is 12.7. The Labute approximate surface area is 154 Å². The molecule has 26 heavy (non-hydrogen) atoms. The van der Waals surface area contributed by atoms with E-state index in [9.17, 15) is 5.26 Å². The SMILES string of the molecule is Cc1ccc(SCc2[nH]nc3c2[C@H](c2ccco2)C(C#N)=C(N)O3)cc1. The Balaban J connectivity index is 1.69. The standard InChI is InChI=1S/C19H16N4O2S/c1-11-4-6-12(7-5-11)26-10-14-17-16(15-3-2-8-24-15)13(9-20)18(21)25-19(17)23-22-14/h2-8,16H,10,21H2,1H3,(H,22,23)/t16-/m0/s1. The Kier molecular flexibility index (Phi) is 4.19. The molecule has 0 saturated heterocycles. The molecule has 0 bridgehead atoms. The maximum Gasteiger partial charge on any atom is 0.244 e. The third-order valence-corrected chi connectivity index (χ3v) is 5.29. The Morgan fingerprint density at radius 2 is 2.12 bits per heavy atom. The average molecular weight is 364 g/mol. The molecule has 3 N–H and O–H groups in total. The van der Waals surface area contributed by atoms with E-state index in [-0.39, 0.29) is 5.88 Å². The minimum atomic E-state index is -0.425. The number of furan rings is 1. The van der Waals surface area contributed by atoms with Crippen molar-refractivity contribution in [3.05, 3.63) is 76.7 Å². The number of H-pyrrole nitrogens is 1. The van der Waals surface area contributed by atoms with Gasteiger partial charge in [0.1, 0.15) is 17.4 Å². The summed E-state index contributed by atoms with van der Waals surface area (Å²) < 4.78 is 11.1. The van der Waals surface area contributed by atoms with Crippen LogP contribution in [0.3, 0.4) is 0 Å². The van der Waals surface area contributed by atoms with Gasteiger partial charge in [-0.15, -0.1) is 16.9 Å². The molecule has 6 nitrogen and oxygen atoms in total. The number of nitrogens with zero attached hydrogens (tertiary/aromatic N) is 2. The van der Waals surface area contributed by atoms with Gasteiger partial charge in [0.2, 0.25) is 11.8 Å². The molecule has 2 aromatic heterocycles. The van der Waals surface area contributed by atoms with Crippen molar-refractivity contribution in [1.29, 1.82) is 5.26 Å².